The van der Waals surface area contributed by atoms with Crippen LogP contribution in [0.2, 0.25) is 0 Å². The van der Waals surface area contributed by atoms with Crippen molar-refractivity contribution >= 4 is 17.8 Å². The second kappa shape index (κ2) is 7.19. The van der Waals surface area contributed by atoms with Crippen molar-refractivity contribution < 1.29 is 28.3 Å². The largest absolute Gasteiger partial charge is 0.480 e. The van der Waals surface area contributed by atoms with E-state index in [1.165, 1.54) is 29.2 Å². The monoisotopic (exact) mass is 414 g/mol. The number of hydrogen-bond acceptors (Lipinski definition) is 3. The highest BCUT2D eigenvalue weighted by Gasteiger charge is 2.44. The van der Waals surface area contributed by atoms with Crippen LogP contribution in [-0.4, -0.2) is 46.9 Å². The van der Waals surface area contributed by atoms with E-state index < -0.39 is 29.7 Å². The number of benzene rings is 2. The number of carboxylic acids is 1. The first-order chi connectivity index (χ1) is 14.2. The van der Waals surface area contributed by atoms with Crippen molar-refractivity contribution in [2.45, 2.75) is 25.3 Å². The van der Waals surface area contributed by atoms with Crippen LogP contribution in [0.4, 0.5) is 8.78 Å². The third kappa shape index (κ3) is 3.22. The van der Waals surface area contributed by atoms with Gasteiger partial charge in [-0.2, -0.15) is 8.78 Å². The second-order valence-electron chi connectivity index (χ2n) is 7.80. The fourth-order valence-electron chi connectivity index (χ4n) is 4.23. The number of nitrogens with one attached hydrogen (secondary N) is 1. The maximum Gasteiger partial charge on any atom is 0.326 e. The van der Waals surface area contributed by atoms with Crippen molar-refractivity contribution in [3.63, 3.8) is 0 Å². The molecule has 0 unspecified atom stereocenters. The highest BCUT2D eigenvalue weighted by molar-refractivity contribution is 5.99. The van der Waals surface area contributed by atoms with Gasteiger partial charge in [-0.05, 0) is 35.6 Å². The standard InChI is InChI=1S/C22H20F2N2O4/c1-12-8-18(21(29)30)26(11-12)19(27)10-25-20(28)13-6-7-17-15(9-13)14-4-2-3-5-16(14)22(17,23)24/h2-7,9,12,18H,8,10-11H2,1H3,(H,25,28)(H,29,30)/t12-,18-/m0/s1. The van der Waals surface area contributed by atoms with Crippen LogP contribution < -0.4 is 5.32 Å². The van der Waals surface area contributed by atoms with E-state index in [0.29, 0.717) is 18.5 Å². The molecule has 4 rings (SSSR count). The summed E-state index contributed by atoms with van der Waals surface area (Å²) in [5.74, 6) is -5.22. The van der Waals surface area contributed by atoms with Crippen LogP contribution in [0.15, 0.2) is 42.5 Å². The summed E-state index contributed by atoms with van der Waals surface area (Å²) < 4.78 is 29.2. The van der Waals surface area contributed by atoms with Crippen molar-refractivity contribution in [3.05, 3.63) is 59.2 Å². The van der Waals surface area contributed by atoms with Crippen LogP contribution >= 0.6 is 0 Å². The van der Waals surface area contributed by atoms with Gasteiger partial charge in [0.05, 0.1) is 6.54 Å². The van der Waals surface area contributed by atoms with E-state index in [0.717, 1.165) is 0 Å². The predicted octanol–water partition coefficient (Wildman–Crippen LogP) is 2.86. The maximum atomic E-state index is 14.6. The molecule has 2 aromatic carbocycles. The lowest BCUT2D eigenvalue weighted by atomic mass is 10.0. The molecule has 0 spiro atoms. The number of nitrogens with zero attached hydrogens (tertiary/aromatic N) is 1. The molecule has 1 heterocycles. The molecule has 0 aromatic heterocycles. The Labute approximate surface area is 171 Å². The molecule has 2 aliphatic rings. The van der Waals surface area contributed by atoms with E-state index in [1.54, 1.807) is 18.2 Å². The molecule has 0 radical (unpaired) electrons. The minimum atomic E-state index is -3.13. The third-order valence-electron chi connectivity index (χ3n) is 5.69. The van der Waals surface area contributed by atoms with Crippen molar-refractivity contribution in [2.24, 2.45) is 5.92 Å². The van der Waals surface area contributed by atoms with E-state index in [9.17, 15) is 28.3 Å². The second-order valence-corrected chi connectivity index (χ2v) is 7.80. The smallest absolute Gasteiger partial charge is 0.326 e. The molecule has 8 heteroatoms. The average Bonchev–Trinajstić information content (AvgIpc) is 3.22. The molecule has 0 bridgehead atoms. The van der Waals surface area contributed by atoms with Crippen molar-refractivity contribution in [3.8, 4) is 11.1 Å². The van der Waals surface area contributed by atoms with Gasteiger partial charge in [-0.1, -0.05) is 37.3 Å². The summed E-state index contributed by atoms with van der Waals surface area (Å²) in [5, 5.41) is 11.8. The van der Waals surface area contributed by atoms with Crippen LogP contribution in [0, 0.1) is 5.92 Å². The summed E-state index contributed by atoms with van der Waals surface area (Å²) in [5.41, 5.74) is 0.549. The maximum absolute atomic E-state index is 14.6. The highest BCUT2D eigenvalue weighted by atomic mass is 19.3. The molecule has 0 saturated carbocycles. The quantitative estimate of drug-likeness (QED) is 0.806. The molecule has 2 aromatic rings. The van der Waals surface area contributed by atoms with Gasteiger partial charge in [0.25, 0.3) is 11.8 Å². The topological polar surface area (TPSA) is 86.7 Å². The van der Waals surface area contributed by atoms with Gasteiger partial charge in [0.1, 0.15) is 6.04 Å². The zero-order valence-corrected chi connectivity index (χ0v) is 16.2. The van der Waals surface area contributed by atoms with Crippen LogP contribution in [0.1, 0.15) is 34.8 Å². The van der Waals surface area contributed by atoms with E-state index in [-0.39, 0.29) is 34.7 Å². The zero-order valence-electron chi connectivity index (χ0n) is 16.2. The number of hydrogen-bond donors (Lipinski definition) is 2. The number of carbonyl (C=O) groups is 3. The summed E-state index contributed by atoms with van der Waals surface area (Å²) in [4.78, 5) is 37.6. The van der Waals surface area contributed by atoms with E-state index in [4.69, 9.17) is 0 Å². The summed E-state index contributed by atoms with van der Waals surface area (Å²) in [6.45, 7) is 1.81. The molecule has 2 N–H and O–H groups in total. The highest BCUT2D eigenvalue weighted by Crippen LogP contribution is 2.50. The number of fused-ring (bicyclic) bond motifs is 3. The Morgan fingerprint density at radius 2 is 1.83 bits per heavy atom. The van der Waals surface area contributed by atoms with Gasteiger partial charge in [-0.3, -0.25) is 9.59 Å². The van der Waals surface area contributed by atoms with Gasteiger partial charge < -0.3 is 15.3 Å². The lowest BCUT2D eigenvalue weighted by Crippen LogP contribution is -2.45. The zero-order chi connectivity index (χ0) is 21.6. The molecular weight excluding hydrogens is 394 g/mol. The Bertz CT molecular complexity index is 1050. The lowest BCUT2D eigenvalue weighted by molar-refractivity contribution is -0.147. The normalized spacial score (nSPS) is 21.1. The molecular formula is C22H20F2N2O4. The number of alkyl halides is 2. The first kappa shape index (κ1) is 20.0. The number of amides is 2. The fourth-order valence-corrected chi connectivity index (χ4v) is 4.23. The van der Waals surface area contributed by atoms with Gasteiger partial charge in [0, 0.05) is 23.2 Å². The van der Waals surface area contributed by atoms with Crippen molar-refractivity contribution in [2.75, 3.05) is 13.1 Å². The number of rotatable bonds is 4. The first-order valence-electron chi connectivity index (χ1n) is 9.63. The van der Waals surface area contributed by atoms with Crippen molar-refractivity contribution in [1.82, 2.24) is 10.2 Å². The molecule has 2 atom stereocenters. The fraction of sp³-hybridized carbons (Fsp3) is 0.318. The average molecular weight is 414 g/mol. The van der Waals surface area contributed by atoms with Gasteiger partial charge in [0.15, 0.2) is 0 Å². The predicted molar refractivity (Wildman–Crippen MR) is 104 cm³/mol. The molecule has 1 fully saturated rings. The first-order valence-corrected chi connectivity index (χ1v) is 9.63. The Balaban J connectivity index is 1.50. The lowest BCUT2D eigenvalue weighted by Gasteiger charge is -2.21. The van der Waals surface area contributed by atoms with Gasteiger partial charge in [0.2, 0.25) is 5.91 Å². The Kier molecular flexibility index (Phi) is 4.80. The Morgan fingerprint density at radius 1 is 1.13 bits per heavy atom. The third-order valence-corrected chi connectivity index (χ3v) is 5.69. The minimum absolute atomic E-state index is 0.0594. The minimum Gasteiger partial charge on any atom is -0.480 e. The summed E-state index contributed by atoms with van der Waals surface area (Å²) in [6, 6.07) is 9.18. The number of halogens is 2. The van der Waals surface area contributed by atoms with Gasteiger partial charge >= 0.3 is 5.97 Å². The molecule has 1 aliphatic heterocycles. The van der Waals surface area contributed by atoms with E-state index in [1.807, 2.05) is 6.92 Å². The van der Waals surface area contributed by atoms with E-state index >= 15 is 0 Å². The number of likely N-dealkylation sites (tertiary alicyclic amines) is 1. The summed E-state index contributed by atoms with van der Waals surface area (Å²) in [6.07, 6.45) is 0.369. The Hall–Kier alpha value is -3.29. The molecule has 156 valence electrons. The number of carboxylic acid groups (broad SMARTS) is 1. The molecule has 2 amide bonds. The van der Waals surface area contributed by atoms with Gasteiger partial charge in [-0.15, -0.1) is 0 Å². The number of carbonyl (C=O) groups excluding carboxylic acids is 2. The molecule has 6 nitrogen and oxygen atoms in total. The molecule has 30 heavy (non-hydrogen) atoms. The van der Waals surface area contributed by atoms with Gasteiger partial charge in [-0.25, -0.2) is 4.79 Å². The van der Waals surface area contributed by atoms with Crippen LogP contribution in [-0.2, 0) is 15.5 Å². The SMILES string of the molecule is C[C@H]1C[C@@H](C(=O)O)N(C(=O)CNC(=O)c2ccc3c(c2)-c2ccccc2C3(F)F)C1. The van der Waals surface area contributed by atoms with Crippen LogP contribution in [0.3, 0.4) is 0 Å². The number of aliphatic carboxylic acids is 1. The molecule has 1 aliphatic carbocycles. The summed E-state index contributed by atoms with van der Waals surface area (Å²) in [7, 11) is 0. The van der Waals surface area contributed by atoms with Crippen molar-refractivity contribution in [1.29, 1.82) is 0 Å². The van der Waals surface area contributed by atoms with Crippen LogP contribution in [0.5, 0.6) is 0 Å². The Morgan fingerprint density at radius 3 is 2.57 bits per heavy atom. The summed E-state index contributed by atoms with van der Waals surface area (Å²) >= 11 is 0. The van der Waals surface area contributed by atoms with E-state index in [2.05, 4.69) is 5.32 Å². The molecule has 1 saturated heterocycles. The van der Waals surface area contributed by atoms with Crippen LogP contribution in [0.25, 0.3) is 11.1 Å².